The lowest BCUT2D eigenvalue weighted by molar-refractivity contribution is -0.0158. The SMILES string of the molecule is O=C(NCCCN1CCCC1)c1ccnc(C2=CC=CC3CC3C=C2OC2CN(CCc3ccc(Cl)c(Cl)c3)C2)c1. The molecule has 41 heavy (non-hydrogen) atoms. The second-order valence-corrected chi connectivity index (χ2v) is 12.5. The molecular weight excluding hydrogens is 555 g/mol. The Bertz CT molecular complexity index is 1340. The van der Waals surface area contributed by atoms with E-state index >= 15 is 0 Å². The molecule has 0 radical (unpaired) electrons. The van der Waals surface area contributed by atoms with E-state index in [4.69, 9.17) is 27.9 Å². The molecule has 2 aliphatic carbocycles. The number of aromatic nitrogens is 1. The summed E-state index contributed by atoms with van der Waals surface area (Å²) >= 11 is 12.2. The van der Waals surface area contributed by atoms with E-state index in [0.29, 0.717) is 34.0 Å². The molecule has 1 aromatic carbocycles. The number of allylic oxidation sites excluding steroid dienone is 5. The number of rotatable bonds is 11. The fourth-order valence-corrected chi connectivity index (χ4v) is 6.22. The Kier molecular flexibility index (Phi) is 9.11. The number of amides is 1. The van der Waals surface area contributed by atoms with Gasteiger partial charge in [-0.1, -0.05) is 41.4 Å². The number of carbonyl (C=O) groups is 1. The Balaban J connectivity index is 1.06. The Labute approximate surface area is 253 Å². The highest BCUT2D eigenvalue weighted by Crippen LogP contribution is 2.44. The molecule has 3 fully saturated rings. The molecule has 1 N–H and O–H groups in total. The van der Waals surface area contributed by atoms with Crippen molar-refractivity contribution in [3.8, 4) is 0 Å². The number of nitrogens with one attached hydrogen (secondary N) is 1. The Morgan fingerprint density at radius 1 is 1.02 bits per heavy atom. The number of likely N-dealkylation sites (tertiary alicyclic amines) is 2. The summed E-state index contributed by atoms with van der Waals surface area (Å²) in [6.07, 6.45) is 16.2. The van der Waals surface area contributed by atoms with Gasteiger partial charge in [-0.15, -0.1) is 0 Å². The van der Waals surface area contributed by atoms with E-state index in [-0.39, 0.29) is 12.0 Å². The van der Waals surface area contributed by atoms with E-state index in [1.807, 2.05) is 24.3 Å². The number of carbonyl (C=O) groups excluding carboxylic acids is 1. The van der Waals surface area contributed by atoms with Gasteiger partial charge in [-0.2, -0.15) is 0 Å². The fraction of sp³-hybridized carbons (Fsp3) is 0.455. The maximum atomic E-state index is 13.0. The summed E-state index contributed by atoms with van der Waals surface area (Å²) in [7, 11) is 0. The van der Waals surface area contributed by atoms with Crippen LogP contribution in [0.25, 0.3) is 5.57 Å². The van der Waals surface area contributed by atoms with Gasteiger partial charge in [-0.3, -0.25) is 14.7 Å². The lowest BCUT2D eigenvalue weighted by atomic mass is 10.0. The van der Waals surface area contributed by atoms with Crippen LogP contribution in [0.3, 0.4) is 0 Å². The summed E-state index contributed by atoms with van der Waals surface area (Å²) in [5, 5.41) is 4.28. The predicted molar refractivity (Wildman–Crippen MR) is 165 cm³/mol. The highest BCUT2D eigenvalue weighted by molar-refractivity contribution is 6.42. The Morgan fingerprint density at radius 2 is 1.88 bits per heavy atom. The zero-order chi connectivity index (χ0) is 28.2. The maximum Gasteiger partial charge on any atom is 0.251 e. The summed E-state index contributed by atoms with van der Waals surface area (Å²) in [6, 6.07) is 9.52. The molecule has 2 unspecified atom stereocenters. The lowest BCUT2D eigenvalue weighted by Gasteiger charge is -2.39. The number of benzene rings is 1. The summed E-state index contributed by atoms with van der Waals surface area (Å²) < 4.78 is 6.61. The molecule has 8 heteroatoms. The topological polar surface area (TPSA) is 57.7 Å². The monoisotopic (exact) mass is 592 g/mol. The van der Waals surface area contributed by atoms with Crippen molar-refractivity contribution in [2.75, 3.05) is 45.8 Å². The van der Waals surface area contributed by atoms with Gasteiger partial charge in [0, 0.05) is 43.5 Å². The van der Waals surface area contributed by atoms with Gasteiger partial charge >= 0.3 is 0 Å². The summed E-state index contributed by atoms with van der Waals surface area (Å²) in [5.74, 6) is 1.91. The smallest absolute Gasteiger partial charge is 0.251 e. The molecule has 1 amide bonds. The molecule has 3 heterocycles. The van der Waals surface area contributed by atoms with Crippen LogP contribution in [-0.2, 0) is 11.2 Å². The van der Waals surface area contributed by atoms with Gasteiger partial charge in [0.1, 0.15) is 11.9 Å². The minimum Gasteiger partial charge on any atom is -0.487 e. The van der Waals surface area contributed by atoms with Crippen LogP contribution in [0, 0.1) is 11.8 Å². The van der Waals surface area contributed by atoms with Crippen molar-refractivity contribution in [2.45, 2.75) is 38.2 Å². The van der Waals surface area contributed by atoms with Crippen LogP contribution in [-0.4, -0.2) is 72.6 Å². The van der Waals surface area contributed by atoms with Gasteiger partial charge < -0.3 is 15.0 Å². The molecule has 2 atom stereocenters. The van der Waals surface area contributed by atoms with Gasteiger partial charge in [-0.25, -0.2) is 0 Å². The molecule has 6 nitrogen and oxygen atoms in total. The highest BCUT2D eigenvalue weighted by atomic mass is 35.5. The Morgan fingerprint density at radius 3 is 2.71 bits per heavy atom. The minimum atomic E-state index is -0.0534. The van der Waals surface area contributed by atoms with Crippen LogP contribution in [0.5, 0.6) is 0 Å². The number of pyridine rings is 1. The molecule has 0 spiro atoms. The molecule has 6 rings (SSSR count). The average molecular weight is 594 g/mol. The number of fused-ring (bicyclic) bond motifs is 1. The first-order valence-electron chi connectivity index (χ1n) is 14.9. The van der Waals surface area contributed by atoms with Gasteiger partial charge in [0.2, 0.25) is 0 Å². The van der Waals surface area contributed by atoms with Gasteiger partial charge in [0.05, 0.1) is 15.7 Å². The lowest BCUT2D eigenvalue weighted by Crippen LogP contribution is -2.52. The van der Waals surface area contributed by atoms with E-state index in [1.165, 1.54) is 31.5 Å². The first-order valence-corrected chi connectivity index (χ1v) is 15.7. The number of halogens is 2. The Hall–Kier alpha value is -2.64. The number of hydrogen-bond donors (Lipinski definition) is 1. The zero-order valence-electron chi connectivity index (χ0n) is 23.4. The molecule has 1 saturated carbocycles. The molecule has 2 aromatic rings. The average Bonchev–Trinajstić information content (AvgIpc) is 3.44. The second-order valence-electron chi connectivity index (χ2n) is 11.6. The van der Waals surface area contributed by atoms with Crippen molar-refractivity contribution in [3.63, 3.8) is 0 Å². The molecular formula is C33H38Cl2N4O2. The molecule has 1 aromatic heterocycles. The minimum absolute atomic E-state index is 0.0534. The van der Waals surface area contributed by atoms with E-state index in [9.17, 15) is 4.79 Å². The van der Waals surface area contributed by atoms with E-state index in [2.05, 4.69) is 44.4 Å². The second kappa shape index (κ2) is 13.1. The highest BCUT2D eigenvalue weighted by Gasteiger charge is 2.36. The fourth-order valence-electron chi connectivity index (χ4n) is 5.90. The molecule has 2 aliphatic heterocycles. The normalized spacial score (nSPS) is 22.7. The molecule has 2 saturated heterocycles. The van der Waals surface area contributed by atoms with Crippen molar-refractivity contribution in [2.24, 2.45) is 11.8 Å². The summed E-state index contributed by atoms with van der Waals surface area (Å²) in [6.45, 7) is 6.79. The van der Waals surface area contributed by atoms with Crippen LogP contribution < -0.4 is 5.32 Å². The molecule has 0 bridgehead atoms. The molecule has 4 aliphatic rings. The largest absolute Gasteiger partial charge is 0.487 e. The van der Waals surface area contributed by atoms with Gasteiger partial charge in [0.25, 0.3) is 5.91 Å². The first-order chi connectivity index (χ1) is 20.0. The van der Waals surface area contributed by atoms with Crippen molar-refractivity contribution in [3.05, 3.63) is 93.5 Å². The number of hydrogen-bond acceptors (Lipinski definition) is 5. The van der Waals surface area contributed by atoms with Gasteiger partial charge in [0.15, 0.2) is 0 Å². The number of nitrogens with zero attached hydrogens (tertiary/aromatic N) is 3. The quantitative estimate of drug-likeness (QED) is 0.323. The van der Waals surface area contributed by atoms with E-state index in [0.717, 1.165) is 62.5 Å². The first kappa shape index (κ1) is 28.5. The van der Waals surface area contributed by atoms with Crippen LogP contribution >= 0.6 is 23.2 Å². The predicted octanol–water partition coefficient (Wildman–Crippen LogP) is 6.02. The third-order valence-electron chi connectivity index (χ3n) is 8.49. The standard InChI is InChI=1S/C33H38Cl2N4O2/c34-29-8-7-23(17-30(29)35)10-16-39-21-27(22-39)41-32-20-26-18-24(26)5-3-6-28(32)31-19-25(9-12-36-31)33(40)37-11-4-15-38-13-1-2-14-38/h3,5-9,12,17,19-20,24,26-27H,1-2,4,10-11,13-16,18,21-22H2,(H,37,40). The third kappa shape index (κ3) is 7.42. The third-order valence-corrected chi connectivity index (χ3v) is 9.23. The zero-order valence-corrected chi connectivity index (χ0v) is 24.9. The summed E-state index contributed by atoms with van der Waals surface area (Å²) in [4.78, 5) is 22.5. The van der Waals surface area contributed by atoms with Crippen molar-refractivity contribution < 1.29 is 9.53 Å². The van der Waals surface area contributed by atoms with Crippen LogP contribution in [0.4, 0.5) is 0 Å². The maximum absolute atomic E-state index is 13.0. The van der Waals surface area contributed by atoms with Crippen molar-refractivity contribution in [1.29, 1.82) is 0 Å². The van der Waals surface area contributed by atoms with E-state index < -0.39 is 0 Å². The van der Waals surface area contributed by atoms with Crippen LogP contribution in [0.1, 0.15) is 47.3 Å². The van der Waals surface area contributed by atoms with E-state index in [1.54, 1.807) is 12.3 Å². The van der Waals surface area contributed by atoms with Crippen molar-refractivity contribution >= 4 is 34.7 Å². The number of ether oxygens (including phenoxy) is 1. The van der Waals surface area contributed by atoms with Gasteiger partial charge in [-0.05, 0) is 106 Å². The molecule has 216 valence electrons. The van der Waals surface area contributed by atoms with Crippen LogP contribution in [0.15, 0.2) is 66.6 Å². The summed E-state index contributed by atoms with van der Waals surface area (Å²) in [5.41, 5.74) is 3.51. The van der Waals surface area contributed by atoms with Crippen LogP contribution in [0.2, 0.25) is 10.0 Å². The van der Waals surface area contributed by atoms with Crippen molar-refractivity contribution in [1.82, 2.24) is 20.1 Å².